The summed E-state index contributed by atoms with van der Waals surface area (Å²) < 4.78 is 5.40. The maximum absolute atomic E-state index is 11.6. The third-order valence-electron chi connectivity index (χ3n) is 2.15. The molecule has 90 valence electrons. The average molecular weight is 280 g/mol. The zero-order chi connectivity index (χ0) is 12.1. The van der Waals surface area contributed by atoms with Gasteiger partial charge in [-0.1, -0.05) is 22.9 Å². The number of carbonyl (C=O) groups excluding carboxylic acids is 1. The number of hydrogen-bond acceptors (Lipinski definition) is 2. The van der Waals surface area contributed by atoms with Gasteiger partial charge in [0, 0.05) is 10.9 Å². The minimum Gasteiger partial charge on any atom is -0.366 e. The van der Waals surface area contributed by atoms with Crippen molar-refractivity contribution < 1.29 is 9.53 Å². The minimum absolute atomic E-state index is 0.0614. The van der Waals surface area contributed by atoms with Crippen LogP contribution in [0.5, 0.6) is 0 Å². The van der Waals surface area contributed by atoms with E-state index in [2.05, 4.69) is 21.2 Å². The van der Waals surface area contributed by atoms with Crippen LogP contribution in [0.3, 0.4) is 0 Å². The maximum atomic E-state index is 11.6. The molecule has 0 fully saturated rings. The number of ether oxygens (including phenoxy) is 1. The molecule has 1 unspecified atom stereocenters. The molecular weight excluding hydrogens is 258 g/mol. The van der Waals surface area contributed by atoms with Crippen LogP contribution in [0.1, 0.15) is 41.0 Å². The van der Waals surface area contributed by atoms with Crippen molar-refractivity contribution in [2.45, 2.75) is 52.2 Å². The first-order chi connectivity index (χ1) is 6.72. The van der Waals surface area contributed by atoms with Gasteiger partial charge >= 0.3 is 0 Å². The van der Waals surface area contributed by atoms with Crippen molar-refractivity contribution in [1.82, 2.24) is 5.32 Å². The first kappa shape index (κ1) is 14.9. The highest BCUT2D eigenvalue weighted by molar-refractivity contribution is 9.09. The van der Waals surface area contributed by atoms with Crippen molar-refractivity contribution in [1.29, 1.82) is 0 Å². The van der Waals surface area contributed by atoms with E-state index in [1.54, 1.807) is 0 Å². The van der Waals surface area contributed by atoms with Gasteiger partial charge in [-0.15, -0.1) is 0 Å². The van der Waals surface area contributed by atoms with Crippen LogP contribution >= 0.6 is 15.9 Å². The van der Waals surface area contributed by atoms with Gasteiger partial charge in [-0.2, -0.15) is 0 Å². The first-order valence-corrected chi connectivity index (χ1v) is 6.35. The Labute approximate surface area is 101 Å². The van der Waals surface area contributed by atoms with Crippen molar-refractivity contribution in [3.63, 3.8) is 0 Å². The molecule has 3 nitrogen and oxygen atoms in total. The van der Waals surface area contributed by atoms with E-state index in [0.717, 1.165) is 11.8 Å². The number of nitrogens with one attached hydrogen (secondary N) is 1. The van der Waals surface area contributed by atoms with Crippen LogP contribution in [-0.4, -0.2) is 29.0 Å². The molecule has 0 aromatic heterocycles. The summed E-state index contributed by atoms with van der Waals surface area (Å²) in [6.07, 6.45) is 0.888. The van der Waals surface area contributed by atoms with Crippen LogP contribution in [-0.2, 0) is 9.53 Å². The number of carbonyl (C=O) groups is 1. The van der Waals surface area contributed by atoms with Crippen molar-refractivity contribution in [3.05, 3.63) is 0 Å². The lowest BCUT2D eigenvalue weighted by atomic mass is 10.0. The van der Waals surface area contributed by atoms with Crippen molar-refractivity contribution in [2.75, 3.05) is 11.9 Å². The first-order valence-electron chi connectivity index (χ1n) is 5.23. The van der Waals surface area contributed by atoms with Gasteiger partial charge < -0.3 is 10.1 Å². The molecule has 15 heavy (non-hydrogen) atoms. The van der Waals surface area contributed by atoms with E-state index < -0.39 is 0 Å². The molecule has 0 aliphatic carbocycles. The average Bonchev–Trinajstić information content (AvgIpc) is 2.13. The highest BCUT2D eigenvalue weighted by atomic mass is 79.9. The summed E-state index contributed by atoms with van der Waals surface area (Å²) in [5.41, 5.74) is -0.452. The van der Waals surface area contributed by atoms with E-state index >= 15 is 0 Å². The standard InChI is InChI=1S/C11H22BrNO2/c1-6-11(5,8-12)13-9(14)7-15-10(2,3)4/h6-8H2,1-5H3,(H,13,14). The van der Waals surface area contributed by atoms with Gasteiger partial charge in [0.1, 0.15) is 6.61 Å². The van der Waals surface area contributed by atoms with E-state index in [1.165, 1.54) is 0 Å². The molecule has 1 amide bonds. The molecule has 0 rings (SSSR count). The fourth-order valence-corrected chi connectivity index (χ4v) is 1.41. The fourth-order valence-electron chi connectivity index (χ4n) is 0.871. The van der Waals surface area contributed by atoms with Crippen molar-refractivity contribution >= 4 is 21.8 Å². The van der Waals surface area contributed by atoms with E-state index in [4.69, 9.17) is 4.74 Å². The summed E-state index contributed by atoms with van der Waals surface area (Å²) in [6, 6.07) is 0. The predicted octanol–water partition coefficient (Wildman–Crippen LogP) is 2.48. The van der Waals surface area contributed by atoms with E-state index in [-0.39, 0.29) is 23.7 Å². The smallest absolute Gasteiger partial charge is 0.246 e. The Kier molecular flexibility index (Phi) is 5.81. The summed E-state index contributed by atoms with van der Waals surface area (Å²) in [5.74, 6) is -0.0614. The number of halogens is 1. The number of hydrogen-bond donors (Lipinski definition) is 1. The van der Waals surface area contributed by atoms with E-state index in [0.29, 0.717) is 0 Å². The summed E-state index contributed by atoms with van der Waals surface area (Å²) >= 11 is 3.40. The Morgan fingerprint density at radius 1 is 1.33 bits per heavy atom. The fraction of sp³-hybridized carbons (Fsp3) is 0.909. The molecule has 0 saturated heterocycles. The molecule has 0 radical (unpaired) electrons. The lowest BCUT2D eigenvalue weighted by Gasteiger charge is -2.28. The van der Waals surface area contributed by atoms with Crippen molar-refractivity contribution in [2.24, 2.45) is 0 Å². The highest BCUT2D eigenvalue weighted by Gasteiger charge is 2.23. The molecule has 1 atom stereocenters. The second-order valence-electron chi connectivity index (χ2n) is 5.00. The van der Waals surface area contributed by atoms with Gasteiger partial charge in [0.15, 0.2) is 0 Å². The van der Waals surface area contributed by atoms with Gasteiger partial charge in [0.2, 0.25) is 5.91 Å². The molecule has 0 aromatic rings. The normalized spacial score (nSPS) is 15.9. The third-order valence-corrected chi connectivity index (χ3v) is 3.39. The Balaban J connectivity index is 4.04. The second kappa shape index (κ2) is 5.85. The monoisotopic (exact) mass is 279 g/mol. The number of rotatable bonds is 5. The number of amides is 1. The highest BCUT2D eigenvalue weighted by Crippen LogP contribution is 2.12. The van der Waals surface area contributed by atoms with Crippen LogP contribution in [0.25, 0.3) is 0 Å². The third kappa shape index (κ3) is 6.90. The quantitative estimate of drug-likeness (QED) is 0.786. The Morgan fingerprint density at radius 2 is 1.87 bits per heavy atom. The second-order valence-corrected chi connectivity index (χ2v) is 5.56. The van der Waals surface area contributed by atoms with Gasteiger partial charge in [0.05, 0.1) is 5.60 Å². The summed E-state index contributed by atoms with van der Waals surface area (Å²) in [7, 11) is 0. The molecule has 1 N–H and O–H groups in total. The van der Waals surface area contributed by atoms with Crippen LogP contribution < -0.4 is 5.32 Å². The molecule has 0 spiro atoms. The molecular formula is C11H22BrNO2. The molecule has 0 heterocycles. The topological polar surface area (TPSA) is 38.3 Å². The summed E-state index contributed by atoms with van der Waals surface area (Å²) in [6.45, 7) is 9.98. The SMILES string of the molecule is CCC(C)(CBr)NC(=O)COC(C)(C)C. The molecule has 0 aliphatic rings. The molecule has 0 aliphatic heterocycles. The van der Waals surface area contributed by atoms with E-state index in [9.17, 15) is 4.79 Å². The zero-order valence-electron chi connectivity index (χ0n) is 10.3. The van der Waals surface area contributed by atoms with Crippen molar-refractivity contribution in [3.8, 4) is 0 Å². The molecule has 0 saturated carbocycles. The van der Waals surface area contributed by atoms with Gasteiger partial charge in [0.25, 0.3) is 0 Å². The van der Waals surface area contributed by atoms with Crippen LogP contribution in [0.15, 0.2) is 0 Å². The Morgan fingerprint density at radius 3 is 2.20 bits per heavy atom. The predicted molar refractivity (Wildman–Crippen MR) is 66.3 cm³/mol. The Hall–Kier alpha value is -0.0900. The minimum atomic E-state index is -0.269. The lowest BCUT2D eigenvalue weighted by Crippen LogP contribution is -2.48. The summed E-state index contributed by atoms with van der Waals surface area (Å²) in [4.78, 5) is 11.6. The van der Waals surface area contributed by atoms with Gasteiger partial charge in [-0.05, 0) is 34.1 Å². The van der Waals surface area contributed by atoms with Gasteiger partial charge in [-0.25, -0.2) is 0 Å². The lowest BCUT2D eigenvalue weighted by molar-refractivity contribution is -0.132. The molecule has 4 heteroatoms. The molecule has 0 bridgehead atoms. The summed E-state index contributed by atoms with van der Waals surface area (Å²) in [5, 5.41) is 3.70. The molecule has 0 aromatic carbocycles. The van der Waals surface area contributed by atoms with Crippen LogP contribution in [0, 0.1) is 0 Å². The zero-order valence-corrected chi connectivity index (χ0v) is 11.9. The number of alkyl halides is 1. The largest absolute Gasteiger partial charge is 0.366 e. The van der Waals surface area contributed by atoms with E-state index in [1.807, 2.05) is 34.6 Å². The Bertz CT molecular complexity index is 207. The maximum Gasteiger partial charge on any atom is 0.246 e. The van der Waals surface area contributed by atoms with Crippen LogP contribution in [0.4, 0.5) is 0 Å². The van der Waals surface area contributed by atoms with Crippen LogP contribution in [0.2, 0.25) is 0 Å². The van der Waals surface area contributed by atoms with Gasteiger partial charge in [-0.3, -0.25) is 4.79 Å².